The molecule has 0 fully saturated rings. The summed E-state index contributed by atoms with van der Waals surface area (Å²) >= 11 is 0. The highest BCUT2D eigenvalue weighted by molar-refractivity contribution is 5.87. The van der Waals surface area contributed by atoms with E-state index in [1.165, 1.54) is 12.1 Å². The molecule has 5 nitrogen and oxygen atoms in total. The molecule has 0 heterocycles. The van der Waals surface area contributed by atoms with Crippen LogP contribution < -0.4 is 4.74 Å². The molecule has 0 radical (unpaired) electrons. The zero-order valence-corrected chi connectivity index (χ0v) is 10.7. The van der Waals surface area contributed by atoms with Crippen molar-refractivity contribution in [3.63, 3.8) is 0 Å². The van der Waals surface area contributed by atoms with Gasteiger partial charge in [0.15, 0.2) is 0 Å². The van der Waals surface area contributed by atoms with Crippen molar-refractivity contribution in [3.8, 4) is 5.75 Å². The Bertz CT molecular complexity index is 449. The summed E-state index contributed by atoms with van der Waals surface area (Å²) in [6.07, 6.45) is 1.47. The Kier molecular flexibility index (Phi) is 5.60. The first-order valence-corrected chi connectivity index (χ1v) is 5.86. The number of hydrogen-bond acceptors (Lipinski definition) is 4. The largest absolute Gasteiger partial charge is 0.487 e. The van der Waals surface area contributed by atoms with E-state index in [1.807, 2.05) is 6.92 Å². The van der Waals surface area contributed by atoms with Crippen molar-refractivity contribution in [2.24, 2.45) is 0 Å². The van der Waals surface area contributed by atoms with Crippen molar-refractivity contribution in [2.45, 2.75) is 19.4 Å². The van der Waals surface area contributed by atoms with Gasteiger partial charge >= 0.3 is 11.9 Å². The van der Waals surface area contributed by atoms with Crippen molar-refractivity contribution in [1.29, 1.82) is 0 Å². The SMILES string of the molecule is C=CC(=O)OCC(CC)Oc1ccc(C(=O)O)cc1. The van der Waals surface area contributed by atoms with Gasteiger partial charge in [-0.05, 0) is 30.7 Å². The summed E-state index contributed by atoms with van der Waals surface area (Å²) in [6.45, 7) is 5.33. The molecule has 0 saturated carbocycles. The summed E-state index contributed by atoms with van der Waals surface area (Å²) in [7, 11) is 0. The van der Waals surface area contributed by atoms with Gasteiger partial charge in [0.1, 0.15) is 18.5 Å². The normalized spacial score (nSPS) is 11.4. The molecule has 102 valence electrons. The Labute approximate surface area is 111 Å². The van der Waals surface area contributed by atoms with Crippen LogP contribution in [0.5, 0.6) is 5.75 Å². The van der Waals surface area contributed by atoms with Crippen LogP contribution in [0.3, 0.4) is 0 Å². The maximum absolute atomic E-state index is 10.9. The minimum atomic E-state index is -0.987. The third kappa shape index (κ3) is 4.83. The van der Waals surface area contributed by atoms with E-state index in [0.29, 0.717) is 12.2 Å². The van der Waals surface area contributed by atoms with E-state index in [4.69, 9.17) is 14.6 Å². The van der Waals surface area contributed by atoms with Crippen LogP contribution in [0.2, 0.25) is 0 Å². The molecule has 1 N–H and O–H groups in total. The molecule has 1 aromatic rings. The van der Waals surface area contributed by atoms with Crippen molar-refractivity contribution in [1.82, 2.24) is 0 Å². The maximum atomic E-state index is 10.9. The Morgan fingerprint density at radius 3 is 2.47 bits per heavy atom. The van der Waals surface area contributed by atoms with E-state index < -0.39 is 11.9 Å². The van der Waals surface area contributed by atoms with Gasteiger partial charge < -0.3 is 14.6 Å². The molecular formula is C14H16O5. The van der Waals surface area contributed by atoms with Gasteiger partial charge in [0, 0.05) is 6.08 Å². The smallest absolute Gasteiger partial charge is 0.335 e. The first-order chi connectivity index (χ1) is 9.06. The molecule has 0 aliphatic rings. The zero-order chi connectivity index (χ0) is 14.3. The molecule has 1 rings (SSSR count). The van der Waals surface area contributed by atoms with Gasteiger partial charge in [-0.15, -0.1) is 0 Å². The number of carbonyl (C=O) groups is 2. The third-order valence-corrected chi connectivity index (χ3v) is 2.44. The summed E-state index contributed by atoms with van der Waals surface area (Å²) < 4.78 is 10.5. The molecule has 0 aliphatic heterocycles. The lowest BCUT2D eigenvalue weighted by molar-refractivity contribution is -0.140. The summed E-state index contributed by atoms with van der Waals surface area (Å²) in [4.78, 5) is 21.6. The van der Waals surface area contributed by atoms with Crippen molar-refractivity contribution in [2.75, 3.05) is 6.61 Å². The Morgan fingerprint density at radius 2 is 2.00 bits per heavy atom. The van der Waals surface area contributed by atoms with Crippen LogP contribution in [-0.4, -0.2) is 29.8 Å². The maximum Gasteiger partial charge on any atom is 0.335 e. The van der Waals surface area contributed by atoms with Crippen LogP contribution in [-0.2, 0) is 9.53 Å². The highest BCUT2D eigenvalue weighted by Gasteiger charge is 2.11. The highest BCUT2D eigenvalue weighted by Crippen LogP contribution is 2.15. The third-order valence-electron chi connectivity index (χ3n) is 2.44. The molecular weight excluding hydrogens is 248 g/mol. The van der Waals surface area contributed by atoms with Gasteiger partial charge in [-0.3, -0.25) is 0 Å². The number of ether oxygens (including phenoxy) is 2. The summed E-state index contributed by atoms with van der Waals surface area (Å²) in [5.74, 6) is -0.951. The number of aromatic carboxylic acids is 1. The fourth-order valence-corrected chi connectivity index (χ4v) is 1.34. The van der Waals surface area contributed by atoms with Crippen molar-refractivity contribution < 1.29 is 24.2 Å². The van der Waals surface area contributed by atoms with E-state index >= 15 is 0 Å². The molecule has 1 atom stereocenters. The van der Waals surface area contributed by atoms with Crippen molar-refractivity contribution in [3.05, 3.63) is 42.5 Å². The van der Waals surface area contributed by atoms with Gasteiger partial charge in [-0.25, -0.2) is 9.59 Å². The van der Waals surface area contributed by atoms with Crippen LogP contribution in [0, 0.1) is 0 Å². The Morgan fingerprint density at radius 1 is 1.37 bits per heavy atom. The van der Waals surface area contributed by atoms with E-state index in [0.717, 1.165) is 6.08 Å². The number of esters is 1. The number of carbonyl (C=O) groups excluding carboxylic acids is 1. The quantitative estimate of drug-likeness (QED) is 0.604. The zero-order valence-electron chi connectivity index (χ0n) is 10.7. The fraction of sp³-hybridized carbons (Fsp3) is 0.286. The average molecular weight is 264 g/mol. The number of rotatable bonds is 7. The van der Waals surface area contributed by atoms with Crippen LogP contribution in [0.4, 0.5) is 0 Å². The molecule has 5 heteroatoms. The average Bonchev–Trinajstić information content (AvgIpc) is 2.43. The van der Waals surface area contributed by atoms with E-state index in [-0.39, 0.29) is 18.3 Å². The molecule has 0 aliphatic carbocycles. The summed E-state index contributed by atoms with van der Waals surface area (Å²) in [5.41, 5.74) is 0.193. The van der Waals surface area contributed by atoms with Gasteiger partial charge in [0.2, 0.25) is 0 Å². The Hall–Kier alpha value is -2.30. The molecule has 0 amide bonds. The van der Waals surface area contributed by atoms with E-state index in [9.17, 15) is 9.59 Å². The molecule has 0 aromatic heterocycles. The van der Waals surface area contributed by atoms with Gasteiger partial charge in [0.05, 0.1) is 5.56 Å². The second kappa shape index (κ2) is 7.20. The second-order valence-electron chi connectivity index (χ2n) is 3.81. The standard InChI is InChI=1S/C14H16O5/c1-3-11(9-18-13(15)4-2)19-12-7-5-10(6-8-12)14(16)17/h4-8,11H,2-3,9H2,1H3,(H,16,17). The van der Waals surface area contributed by atoms with Crippen molar-refractivity contribution >= 4 is 11.9 Å². The lowest BCUT2D eigenvalue weighted by atomic mass is 10.2. The fourth-order valence-electron chi connectivity index (χ4n) is 1.34. The highest BCUT2D eigenvalue weighted by atomic mass is 16.6. The number of carboxylic acid groups (broad SMARTS) is 1. The van der Waals surface area contributed by atoms with Gasteiger partial charge in [-0.1, -0.05) is 13.5 Å². The minimum absolute atomic E-state index is 0.127. The van der Waals surface area contributed by atoms with Crippen LogP contribution in [0.1, 0.15) is 23.7 Å². The topological polar surface area (TPSA) is 72.8 Å². The predicted molar refractivity (Wildman–Crippen MR) is 69.3 cm³/mol. The molecule has 1 aromatic carbocycles. The number of carboxylic acids is 1. The van der Waals surface area contributed by atoms with E-state index in [1.54, 1.807) is 12.1 Å². The second-order valence-corrected chi connectivity index (χ2v) is 3.81. The predicted octanol–water partition coefficient (Wildman–Crippen LogP) is 2.27. The monoisotopic (exact) mass is 264 g/mol. The van der Waals surface area contributed by atoms with E-state index in [2.05, 4.69) is 6.58 Å². The molecule has 0 spiro atoms. The first-order valence-electron chi connectivity index (χ1n) is 5.86. The van der Waals surface area contributed by atoms with Crippen LogP contribution in [0.15, 0.2) is 36.9 Å². The number of benzene rings is 1. The molecule has 0 saturated heterocycles. The molecule has 0 bridgehead atoms. The molecule has 19 heavy (non-hydrogen) atoms. The van der Waals surface area contributed by atoms with Gasteiger partial charge in [-0.2, -0.15) is 0 Å². The van der Waals surface area contributed by atoms with Gasteiger partial charge in [0.25, 0.3) is 0 Å². The van der Waals surface area contributed by atoms with Crippen LogP contribution >= 0.6 is 0 Å². The lowest BCUT2D eigenvalue weighted by Gasteiger charge is -2.17. The Balaban J connectivity index is 2.57. The summed E-state index contributed by atoms with van der Waals surface area (Å²) in [5, 5.41) is 8.77. The minimum Gasteiger partial charge on any atom is -0.487 e. The lowest BCUT2D eigenvalue weighted by Crippen LogP contribution is -2.23. The number of hydrogen-bond donors (Lipinski definition) is 1. The van der Waals surface area contributed by atoms with Crippen LogP contribution in [0.25, 0.3) is 0 Å². The first kappa shape index (κ1) is 14.8. The summed E-state index contributed by atoms with van der Waals surface area (Å²) in [6, 6.07) is 6.06. The molecule has 1 unspecified atom stereocenters.